The average Bonchev–Trinajstić information content (AvgIpc) is 2.48. The SMILES string of the molecule is CCOC(=O)c1cc(N2CCC(CO)CC2)ccc1N. The van der Waals surface area contributed by atoms with Crippen molar-refractivity contribution in [3.05, 3.63) is 23.8 Å². The van der Waals surface area contributed by atoms with E-state index in [0.717, 1.165) is 31.6 Å². The maximum atomic E-state index is 11.8. The molecule has 3 N–H and O–H groups in total. The molecular formula is C15H22N2O3. The number of nitrogens with two attached hydrogens (primary N) is 1. The average molecular weight is 278 g/mol. The van der Waals surface area contributed by atoms with Gasteiger partial charge in [-0.3, -0.25) is 0 Å². The van der Waals surface area contributed by atoms with Gasteiger partial charge in [-0.25, -0.2) is 4.79 Å². The van der Waals surface area contributed by atoms with Crippen molar-refractivity contribution in [2.45, 2.75) is 19.8 Å². The van der Waals surface area contributed by atoms with Gasteiger partial charge in [-0.05, 0) is 43.9 Å². The zero-order valence-electron chi connectivity index (χ0n) is 11.8. The minimum atomic E-state index is -0.378. The number of ether oxygens (including phenoxy) is 1. The van der Waals surface area contributed by atoms with Crippen LogP contribution >= 0.6 is 0 Å². The zero-order valence-corrected chi connectivity index (χ0v) is 11.8. The molecule has 2 rings (SSSR count). The van der Waals surface area contributed by atoms with Crippen molar-refractivity contribution in [1.82, 2.24) is 0 Å². The number of rotatable bonds is 4. The standard InChI is InChI=1S/C15H22N2O3/c1-2-20-15(19)13-9-12(3-4-14(13)16)17-7-5-11(10-18)6-8-17/h3-4,9,11,18H,2,5-8,10,16H2,1H3. The van der Waals surface area contributed by atoms with E-state index in [1.807, 2.05) is 6.07 Å². The van der Waals surface area contributed by atoms with Crippen molar-refractivity contribution in [3.63, 3.8) is 0 Å². The Morgan fingerprint density at radius 3 is 2.75 bits per heavy atom. The number of benzene rings is 1. The minimum absolute atomic E-state index is 0.254. The van der Waals surface area contributed by atoms with E-state index in [2.05, 4.69) is 4.90 Å². The summed E-state index contributed by atoms with van der Waals surface area (Å²) in [5.74, 6) is 0.0154. The quantitative estimate of drug-likeness (QED) is 0.647. The maximum absolute atomic E-state index is 11.8. The highest BCUT2D eigenvalue weighted by Crippen LogP contribution is 2.26. The second-order valence-electron chi connectivity index (χ2n) is 5.11. The molecule has 1 aliphatic rings. The van der Waals surface area contributed by atoms with Crippen molar-refractivity contribution in [3.8, 4) is 0 Å². The number of anilines is 2. The number of hydrogen-bond acceptors (Lipinski definition) is 5. The summed E-state index contributed by atoms with van der Waals surface area (Å²) in [7, 11) is 0. The van der Waals surface area contributed by atoms with Gasteiger partial charge in [0.05, 0.1) is 12.2 Å². The first-order valence-corrected chi connectivity index (χ1v) is 7.08. The zero-order chi connectivity index (χ0) is 14.5. The van der Waals surface area contributed by atoms with Gasteiger partial charge in [0.1, 0.15) is 0 Å². The molecule has 0 aliphatic carbocycles. The van der Waals surface area contributed by atoms with Crippen molar-refractivity contribution in [2.75, 3.05) is 36.9 Å². The number of nitrogens with zero attached hydrogens (tertiary/aromatic N) is 1. The third-order valence-electron chi connectivity index (χ3n) is 3.77. The Hall–Kier alpha value is -1.75. The Morgan fingerprint density at radius 1 is 1.45 bits per heavy atom. The first-order chi connectivity index (χ1) is 9.65. The van der Waals surface area contributed by atoms with Gasteiger partial charge in [0.15, 0.2) is 0 Å². The number of carbonyl (C=O) groups is 1. The molecule has 1 heterocycles. The predicted octanol–water partition coefficient (Wildman–Crippen LogP) is 1.65. The molecule has 1 fully saturated rings. The topological polar surface area (TPSA) is 75.8 Å². The van der Waals surface area contributed by atoms with Gasteiger partial charge in [0, 0.05) is 31.1 Å². The van der Waals surface area contributed by atoms with Gasteiger partial charge in [-0.1, -0.05) is 0 Å². The molecule has 0 spiro atoms. The van der Waals surface area contributed by atoms with Crippen LogP contribution in [-0.2, 0) is 4.74 Å². The summed E-state index contributed by atoms with van der Waals surface area (Å²) in [6.45, 7) is 4.14. The van der Waals surface area contributed by atoms with E-state index < -0.39 is 0 Å². The van der Waals surface area contributed by atoms with Crippen LogP contribution < -0.4 is 10.6 Å². The van der Waals surface area contributed by atoms with Gasteiger partial charge >= 0.3 is 5.97 Å². The summed E-state index contributed by atoms with van der Waals surface area (Å²) in [5.41, 5.74) is 7.69. The van der Waals surface area contributed by atoms with Gasteiger partial charge in [-0.15, -0.1) is 0 Å². The predicted molar refractivity (Wildman–Crippen MR) is 78.8 cm³/mol. The summed E-state index contributed by atoms with van der Waals surface area (Å²) in [6.07, 6.45) is 1.94. The molecule has 1 saturated heterocycles. The Kier molecular flexibility index (Phi) is 4.84. The number of carbonyl (C=O) groups excluding carboxylic acids is 1. The lowest BCUT2D eigenvalue weighted by Crippen LogP contribution is -2.34. The van der Waals surface area contributed by atoms with Crippen molar-refractivity contribution in [2.24, 2.45) is 5.92 Å². The monoisotopic (exact) mass is 278 g/mol. The van der Waals surface area contributed by atoms with Crippen LogP contribution in [-0.4, -0.2) is 37.4 Å². The molecule has 1 aliphatic heterocycles. The number of aliphatic hydroxyl groups is 1. The highest BCUT2D eigenvalue weighted by Gasteiger charge is 2.20. The van der Waals surface area contributed by atoms with E-state index in [9.17, 15) is 4.79 Å². The molecule has 0 atom stereocenters. The number of nitrogen functional groups attached to an aromatic ring is 1. The Bertz CT molecular complexity index is 468. The van der Waals surface area contributed by atoms with Crippen molar-refractivity contribution < 1.29 is 14.6 Å². The largest absolute Gasteiger partial charge is 0.462 e. The summed E-state index contributed by atoms with van der Waals surface area (Å²) in [6, 6.07) is 5.48. The molecule has 1 aromatic carbocycles. The second kappa shape index (κ2) is 6.61. The van der Waals surface area contributed by atoms with Crippen LogP contribution in [0, 0.1) is 5.92 Å². The fourth-order valence-corrected chi connectivity index (χ4v) is 2.50. The fraction of sp³-hybridized carbons (Fsp3) is 0.533. The van der Waals surface area contributed by atoms with Crippen LogP contribution in [0.15, 0.2) is 18.2 Å². The lowest BCUT2D eigenvalue weighted by molar-refractivity contribution is 0.0527. The smallest absolute Gasteiger partial charge is 0.340 e. The second-order valence-corrected chi connectivity index (χ2v) is 5.11. The number of piperidine rings is 1. The summed E-state index contributed by atoms with van der Waals surface area (Å²) in [4.78, 5) is 14.1. The van der Waals surface area contributed by atoms with Crippen LogP contribution in [0.2, 0.25) is 0 Å². The van der Waals surface area contributed by atoms with E-state index in [1.165, 1.54) is 0 Å². The molecule has 0 radical (unpaired) electrons. The Balaban J connectivity index is 2.13. The molecule has 5 nitrogen and oxygen atoms in total. The van der Waals surface area contributed by atoms with Crippen LogP contribution in [0.25, 0.3) is 0 Å². The van der Waals surface area contributed by atoms with E-state index in [0.29, 0.717) is 23.8 Å². The van der Waals surface area contributed by atoms with Gasteiger partial charge in [0.25, 0.3) is 0 Å². The molecule has 0 amide bonds. The molecule has 0 saturated carbocycles. The van der Waals surface area contributed by atoms with Crippen molar-refractivity contribution in [1.29, 1.82) is 0 Å². The Labute approximate surface area is 119 Å². The van der Waals surface area contributed by atoms with E-state index in [-0.39, 0.29) is 12.6 Å². The third-order valence-corrected chi connectivity index (χ3v) is 3.77. The van der Waals surface area contributed by atoms with E-state index >= 15 is 0 Å². The molecular weight excluding hydrogens is 256 g/mol. The van der Waals surface area contributed by atoms with Gasteiger partial charge in [-0.2, -0.15) is 0 Å². The van der Waals surface area contributed by atoms with Crippen molar-refractivity contribution >= 4 is 17.3 Å². The van der Waals surface area contributed by atoms with Gasteiger partial charge < -0.3 is 20.5 Å². The van der Waals surface area contributed by atoms with Crippen LogP contribution in [0.1, 0.15) is 30.1 Å². The van der Waals surface area contributed by atoms with E-state index in [4.69, 9.17) is 15.6 Å². The van der Waals surface area contributed by atoms with Gasteiger partial charge in [0.2, 0.25) is 0 Å². The highest BCUT2D eigenvalue weighted by atomic mass is 16.5. The molecule has 0 bridgehead atoms. The van der Waals surface area contributed by atoms with Crippen LogP contribution in [0.3, 0.4) is 0 Å². The number of aliphatic hydroxyl groups excluding tert-OH is 1. The summed E-state index contributed by atoms with van der Waals surface area (Å²) >= 11 is 0. The summed E-state index contributed by atoms with van der Waals surface area (Å²) < 4.78 is 5.02. The first kappa shape index (κ1) is 14.7. The van der Waals surface area contributed by atoms with Crippen LogP contribution in [0.5, 0.6) is 0 Å². The molecule has 5 heteroatoms. The molecule has 20 heavy (non-hydrogen) atoms. The normalized spacial score (nSPS) is 16.2. The Morgan fingerprint density at radius 2 is 2.15 bits per heavy atom. The molecule has 110 valence electrons. The highest BCUT2D eigenvalue weighted by molar-refractivity contribution is 5.96. The maximum Gasteiger partial charge on any atom is 0.340 e. The van der Waals surface area contributed by atoms with Crippen LogP contribution in [0.4, 0.5) is 11.4 Å². The van der Waals surface area contributed by atoms with E-state index in [1.54, 1.807) is 19.1 Å². The lowest BCUT2D eigenvalue weighted by atomic mass is 9.97. The molecule has 1 aromatic rings. The summed E-state index contributed by atoms with van der Waals surface area (Å²) in [5, 5.41) is 9.16. The number of hydrogen-bond donors (Lipinski definition) is 2. The minimum Gasteiger partial charge on any atom is -0.462 e. The third kappa shape index (κ3) is 3.22. The lowest BCUT2D eigenvalue weighted by Gasteiger charge is -2.33. The first-order valence-electron chi connectivity index (χ1n) is 7.08. The number of esters is 1. The fourth-order valence-electron chi connectivity index (χ4n) is 2.50. The molecule has 0 unspecified atom stereocenters. The molecule has 0 aromatic heterocycles.